The van der Waals surface area contributed by atoms with Gasteiger partial charge in [-0.3, -0.25) is 9.69 Å². The van der Waals surface area contributed by atoms with Crippen LogP contribution in [0.4, 0.5) is 0 Å². The predicted molar refractivity (Wildman–Crippen MR) is 80.0 cm³/mol. The van der Waals surface area contributed by atoms with Gasteiger partial charge in [-0.25, -0.2) is 0 Å². The minimum atomic E-state index is -0.381. The monoisotopic (exact) mass is 296 g/mol. The maximum Gasteiger partial charge on any atom is 0.236 e. The van der Waals surface area contributed by atoms with Crippen LogP contribution in [-0.4, -0.2) is 66.9 Å². The Balaban J connectivity index is 1.49. The number of piperidine rings is 2. The van der Waals surface area contributed by atoms with E-state index in [4.69, 9.17) is 9.47 Å². The summed E-state index contributed by atoms with van der Waals surface area (Å²) in [7, 11) is 0. The Bertz CT molecular complexity index is 359. The van der Waals surface area contributed by atoms with Crippen molar-refractivity contribution in [2.45, 2.75) is 57.3 Å². The number of hydrogen-bond acceptors (Lipinski definition) is 4. The first-order chi connectivity index (χ1) is 10.2. The lowest BCUT2D eigenvalue weighted by molar-refractivity contribution is -0.187. The van der Waals surface area contributed by atoms with Crippen molar-refractivity contribution in [3.8, 4) is 0 Å². The minimum Gasteiger partial charge on any atom is -0.347 e. The van der Waals surface area contributed by atoms with Crippen LogP contribution < -0.4 is 0 Å². The predicted octanol–water partition coefficient (Wildman–Crippen LogP) is 1.62. The number of carbonyl (C=O) groups excluding carboxylic acids is 1. The van der Waals surface area contributed by atoms with Crippen LogP contribution in [0.1, 0.15) is 45.4 Å². The lowest BCUT2D eigenvalue weighted by Gasteiger charge is -2.40. The topological polar surface area (TPSA) is 42.0 Å². The van der Waals surface area contributed by atoms with Gasteiger partial charge in [-0.15, -0.1) is 0 Å². The van der Waals surface area contributed by atoms with Crippen molar-refractivity contribution in [3.63, 3.8) is 0 Å². The van der Waals surface area contributed by atoms with Crippen LogP contribution >= 0.6 is 0 Å². The quantitative estimate of drug-likeness (QED) is 0.793. The van der Waals surface area contributed by atoms with E-state index in [1.54, 1.807) is 0 Å². The Morgan fingerprint density at radius 2 is 1.86 bits per heavy atom. The fraction of sp³-hybridized carbons (Fsp3) is 0.938. The maximum absolute atomic E-state index is 12.5. The van der Waals surface area contributed by atoms with Crippen molar-refractivity contribution >= 4 is 5.91 Å². The van der Waals surface area contributed by atoms with Gasteiger partial charge in [0.25, 0.3) is 0 Å². The fourth-order valence-corrected chi connectivity index (χ4v) is 3.89. The lowest BCUT2D eigenvalue weighted by Crippen LogP contribution is -2.51. The highest BCUT2D eigenvalue weighted by Gasteiger charge is 2.41. The van der Waals surface area contributed by atoms with Crippen molar-refractivity contribution in [2.24, 2.45) is 0 Å². The molecule has 3 fully saturated rings. The normalized spacial score (nSPS) is 30.0. The lowest BCUT2D eigenvalue weighted by atomic mass is 9.99. The van der Waals surface area contributed by atoms with Gasteiger partial charge in [-0.2, -0.15) is 0 Å². The molecule has 3 heterocycles. The van der Waals surface area contributed by atoms with Gasteiger partial charge in [0.2, 0.25) is 5.91 Å². The first-order valence-electron chi connectivity index (χ1n) is 8.52. The maximum atomic E-state index is 12.5. The van der Waals surface area contributed by atoms with E-state index in [1.807, 2.05) is 4.90 Å². The summed E-state index contributed by atoms with van der Waals surface area (Å²) in [5.74, 6) is -0.100. The first kappa shape index (κ1) is 15.3. The van der Waals surface area contributed by atoms with Crippen LogP contribution in [0.15, 0.2) is 0 Å². The van der Waals surface area contributed by atoms with Gasteiger partial charge in [0.05, 0.1) is 19.8 Å². The van der Waals surface area contributed by atoms with Crippen molar-refractivity contribution in [1.82, 2.24) is 9.80 Å². The molecule has 3 aliphatic rings. The average Bonchev–Trinajstić information content (AvgIpc) is 2.96. The smallest absolute Gasteiger partial charge is 0.236 e. The molecule has 0 N–H and O–H groups in total. The van der Waals surface area contributed by atoms with Crippen molar-refractivity contribution in [3.05, 3.63) is 0 Å². The highest BCUT2D eigenvalue weighted by atomic mass is 16.7. The largest absolute Gasteiger partial charge is 0.347 e. The third kappa shape index (κ3) is 3.41. The van der Waals surface area contributed by atoms with E-state index in [9.17, 15) is 4.79 Å². The first-order valence-corrected chi connectivity index (χ1v) is 8.52. The highest BCUT2D eigenvalue weighted by molar-refractivity contribution is 5.78. The zero-order chi connectivity index (χ0) is 14.7. The van der Waals surface area contributed by atoms with Crippen LogP contribution in [0.25, 0.3) is 0 Å². The second-order valence-electron chi connectivity index (χ2n) is 6.52. The van der Waals surface area contributed by atoms with Gasteiger partial charge in [0.1, 0.15) is 0 Å². The van der Waals surface area contributed by atoms with E-state index in [-0.39, 0.29) is 11.7 Å². The summed E-state index contributed by atoms with van der Waals surface area (Å²) in [6, 6.07) is 0.598. The standard InChI is InChI=1S/C16H28N2O3/c1-2-14-5-3-4-8-18(14)13-15(19)17-9-6-16(7-10-17)20-11-12-21-16/h14H,2-13H2,1H3. The Morgan fingerprint density at radius 1 is 1.14 bits per heavy atom. The molecule has 0 aromatic heterocycles. The van der Waals surface area contributed by atoms with E-state index in [2.05, 4.69) is 11.8 Å². The summed E-state index contributed by atoms with van der Waals surface area (Å²) in [4.78, 5) is 16.9. The molecule has 5 nitrogen and oxygen atoms in total. The molecule has 1 spiro atoms. The highest BCUT2D eigenvalue weighted by Crippen LogP contribution is 2.31. The molecule has 3 aliphatic heterocycles. The Kier molecular flexibility index (Phi) is 4.82. The average molecular weight is 296 g/mol. The van der Waals surface area contributed by atoms with Crippen LogP contribution in [0, 0.1) is 0 Å². The molecule has 0 aromatic carbocycles. The molecule has 0 radical (unpaired) electrons. The number of carbonyl (C=O) groups is 1. The van der Waals surface area contributed by atoms with E-state index < -0.39 is 0 Å². The van der Waals surface area contributed by atoms with E-state index in [1.165, 1.54) is 19.3 Å². The summed E-state index contributed by atoms with van der Waals surface area (Å²) in [5.41, 5.74) is 0. The molecular formula is C16H28N2O3. The molecule has 3 rings (SSSR count). The summed E-state index contributed by atoms with van der Waals surface area (Å²) in [5, 5.41) is 0. The Hall–Kier alpha value is -0.650. The van der Waals surface area contributed by atoms with Crippen LogP contribution in [0.2, 0.25) is 0 Å². The molecule has 3 saturated heterocycles. The molecule has 0 saturated carbocycles. The van der Waals surface area contributed by atoms with E-state index in [0.29, 0.717) is 25.8 Å². The van der Waals surface area contributed by atoms with Crippen molar-refractivity contribution in [1.29, 1.82) is 0 Å². The number of nitrogens with zero attached hydrogens (tertiary/aromatic N) is 2. The number of ether oxygens (including phenoxy) is 2. The molecule has 0 aliphatic carbocycles. The third-order valence-corrected chi connectivity index (χ3v) is 5.25. The molecule has 21 heavy (non-hydrogen) atoms. The zero-order valence-electron chi connectivity index (χ0n) is 13.2. The molecule has 0 aromatic rings. The van der Waals surface area contributed by atoms with E-state index >= 15 is 0 Å². The van der Waals surface area contributed by atoms with Crippen LogP contribution in [0.5, 0.6) is 0 Å². The minimum absolute atomic E-state index is 0.281. The van der Waals surface area contributed by atoms with Crippen molar-refractivity contribution in [2.75, 3.05) is 39.4 Å². The van der Waals surface area contributed by atoms with Gasteiger partial charge in [0.15, 0.2) is 5.79 Å². The summed E-state index contributed by atoms with van der Waals surface area (Å²) < 4.78 is 11.4. The van der Waals surface area contributed by atoms with Gasteiger partial charge < -0.3 is 14.4 Å². The fourth-order valence-electron chi connectivity index (χ4n) is 3.89. The molecule has 1 unspecified atom stereocenters. The Morgan fingerprint density at radius 3 is 2.52 bits per heavy atom. The summed E-state index contributed by atoms with van der Waals surface area (Å²) >= 11 is 0. The number of rotatable bonds is 3. The van der Waals surface area contributed by atoms with Crippen molar-refractivity contribution < 1.29 is 14.3 Å². The van der Waals surface area contributed by atoms with Gasteiger partial charge in [0, 0.05) is 32.0 Å². The number of likely N-dealkylation sites (tertiary alicyclic amines) is 2. The second-order valence-corrected chi connectivity index (χ2v) is 6.52. The molecule has 5 heteroatoms. The zero-order valence-corrected chi connectivity index (χ0v) is 13.2. The van der Waals surface area contributed by atoms with Gasteiger partial charge >= 0.3 is 0 Å². The number of hydrogen-bond donors (Lipinski definition) is 0. The summed E-state index contributed by atoms with van der Waals surface area (Å²) in [6.45, 7) is 6.82. The molecule has 1 amide bonds. The molecule has 0 bridgehead atoms. The van der Waals surface area contributed by atoms with E-state index in [0.717, 1.165) is 38.9 Å². The molecule has 120 valence electrons. The number of amides is 1. The molecular weight excluding hydrogens is 268 g/mol. The molecule has 1 atom stereocenters. The van der Waals surface area contributed by atoms with Gasteiger partial charge in [-0.1, -0.05) is 13.3 Å². The third-order valence-electron chi connectivity index (χ3n) is 5.25. The Labute approximate surface area is 127 Å². The van der Waals surface area contributed by atoms with Gasteiger partial charge in [-0.05, 0) is 25.8 Å². The SMILES string of the molecule is CCC1CCCCN1CC(=O)N1CCC2(CC1)OCCO2. The van der Waals surface area contributed by atoms with Crippen LogP contribution in [0.3, 0.4) is 0 Å². The van der Waals surface area contributed by atoms with Crippen LogP contribution in [-0.2, 0) is 14.3 Å². The second kappa shape index (κ2) is 6.63. The summed E-state index contributed by atoms with van der Waals surface area (Å²) in [6.07, 6.45) is 6.57.